The zero-order valence-electron chi connectivity index (χ0n) is 14.7. The first-order chi connectivity index (χ1) is 11.7. The zero-order chi connectivity index (χ0) is 16.9. The third-order valence-electron chi connectivity index (χ3n) is 5.05. The van der Waals surface area contributed by atoms with Gasteiger partial charge in [0.1, 0.15) is 0 Å². The molecule has 2 aliphatic rings. The predicted molar refractivity (Wildman–Crippen MR) is 94.1 cm³/mol. The Kier molecular flexibility index (Phi) is 5.87. The first-order valence-corrected chi connectivity index (χ1v) is 9.00. The van der Waals surface area contributed by atoms with E-state index >= 15 is 0 Å². The highest BCUT2D eigenvalue weighted by molar-refractivity contribution is 5.95. The molecule has 1 amide bonds. The van der Waals surface area contributed by atoms with Gasteiger partial charge in [0, 0.05) is 18.2 Å². The summed E-state index contributed by atoms with van der Waals surface area (Å²) >= 11 is 0. The number of hydrogen-bond acceptors (Lipinski definition) is 4. The highest BCUT2D eigenvalue weighted by Gasteiger charge is 2.31. The molecular weight excluding hydrogens is 304 g/mol. The van der Waals surface area contributed by atoms with Crippen molar-refractivity contribution < 1.29 is 14.3 Å². The summed E-state index contributed by atoms with van der Waals surface area (Å²) in [6.45, 7) is 8.57. The lowest BCUT2D eigenvalue weighted by Crippen LogP contribution is -2.45. The van der Waals surface area contributed by atoms with Crippen LogP contribution in [-0.4, -0.2) is 56.5 Å². The molecule has 2 aliphatic heterocycles. The molecule has 0 saturated carbocycles. The molecule has 0 aromatic heterocycles. The molecule has 5 nitrogen and oxygen atoms in total. The Balaban J connectivity index is 1.54. The molecule has 2 fully saturated rings. The van der Waals surface area contributed by atoms with Crippen LogP contribution in [0.1, 0.15) is 25.3 Å². The number of aryl methyl sites for hydroxylation is 1. The van der Waals surface area contributed by atoms with Crippen molar-refractivity contribution in [2.24, 2.45) is 5.92 Å². The molecule has 0 radical (unpaired) electrons. The fraction of sp³-hybridized carbons (Fsp3) is 0.632. The largest absolute Gasteiger partial charge is 0.350 e. The summed E-state index contributed by atoms with van der Waals surface area (Å²) in [7, 11) is 0. The van der Waals surface area contributed by atoms with Crippen LogP contribution in [0.15, 0.2) is 24.3 Å². The minimum atomic E-state index is -0.0260. The molecule has 24 heavy (non-hydrogen) atoms. The van der Waals surface area contributed by atoms with Gasteiger partial charge in [-0.05, 0) is 51.4 Å². The van der Waals surface area contributed by atoms with Crippen molar-refractivity contribution in [3.8, 4) is 0 Å². The maximum absolute atomic E-state index is 12.8. The summed E-state index contributed by atoms with van der Waals surface area (Å²) in [5.41, 5.74) is 2.16. The van der Waals surface area contributed by atoms with E-state index in [9.17, 15) is 4.79 Å². The lowest BCUT2D eigenvalue weighted by atomic mass is 9.96. The molecule has 0 aliphatic carbocycles. The topological polar surface area (TPSA) is 42.0 Å². The zero-order valence-corrected chi connectivity index (χ0v) is 14.7. The number of likely N-dealkylation sites (tertiary alicyclic amines) is 1. The Labute approximate surface area is 144 Å². The second-order valence-corrected chi connectivity index (χ2v) is 6.65. The van der Waals surface area contributed by atoms with Crippen molar-refractivity contribution in [1.82, 2.24) is 4.90 Å². The number of nitrogens with zero attached hydrogens (tertiary/aromatic N) is 2. The van der Waals surface area contributed by atoms with Gasteiger partial charge in [0.05, 0.1) is 19.8 Å². The van der Waals surface area contributed by atoms with Crippen molar-refractivity contribution in [3.63, 3.8) is 0 Å². The van der Waals surface area contributed by atoms with E-state index in [2.05, 4.69) is 17.9 Å². The van der Waals surface area contributed by atoms with Crippen molar-refractivity contribution in [2.75, 3.05) is 44.3 Å². The van der Waals surface area contributed by atoms with Crippen molar-refractivity contribution in [3.05, 3.63) is 29.8 Å². The van der Waals surface area contributed by atoms with E-state index in [4.69, 9.17) is 9.47 Å². The van der Waals surface area contributed by atoms with E-state index in [1.54, 1.807) is 0 Å². The van der Waals surface area contributed by atoms with Gasteiger partial charge in [-0.3, -0.25) is 9.69 Å². The number of piperidine rings is 1. The van der Waals surface area contributed by atoms with E-state index in [0.29, 0.717) is 32.2 Å². The maximum Gasteiger partial charge on any atom is 0.241 e. The predicted octanol–water partition coefficient (Wildman–Crippen LogP) is 2.43. The molecule has 0 spiro atoms. The molecular formula is C19H28N2O3. The van der Waals surface area contributed by atoms with Gasteiger partial charge < -0.3 is 14.4 Å². The molecule has 0 unspecified atom stereocenters. The SMILES string of the molecule is CCN(C(=O)CN1CCC(C2OCCO2)CC1)c1ccccc1C. The third kappa shape index (κ3) is 3.97. The van der Waals surface area contributed by atoms with Gasteiger partial charge in [-0.25, -0.2) is 0 Å². The summed E-state index contributed by atoms with van der Waals surface area (Å²) in [6.07, 6.45) is 2.05. The van der Waals surface area contributed by atoms with Crippen molar-refractivity contribution >= 4 is 11.6 Å². The summed E-state index contributed by atoms with van der Waals surface area (Å²) in [5, 5.41) is 0. The van der Waals surface area contributed by atoms with Gasteiger partial charge in [0.2, 0.25) is 5.91 Å². The maximum atomic E-state index is 12.8. The van der Waals surface area contributed by atoms with Crippen LogP contribution in [0.3, 0.4) is 0 Å². The highest BCUT2D eigenvalue weighted by Crippen LogP contribution is 2.26. The summed E-state index contributed by atoms with van der Waals surface area (Å²) in [5.74, 6) is 0.649. The number of benzene rings is 1. The van der Waals surface area contributed by atoms with Gasteiger partial charge in [-0.1, -0.05) is 18.2 Å². The number of amides is 1. The minimum absolute atomic E-state index is 0.0260. The van der Waals surface area contributed by atoms with Gasteiger partial charge in [-0.15, -0.1) is 0 Å². The summed E-state index contributed by atoms with van der Waals surface area (Å²) < 4.78 is 11.2. The fourth-order valence-electron chi connectivity index (χ4n) is 3.66. The van der Waals surface area contributed by atoms with Crippen LogP contribution in [0.4, 0.5) is 5.69 Å². The summed E-state index contributed by atoms with van der Waals surface area (Å²) in [4.78, 5) is 16.9. The number of hydrogen-bond donors (Lipinski definition) is 0. The van der Waals surface area contributed by atoms with E-state index in [1.807, 2.05) is 30.0 Å². The number of carbonyl (C=O) groups is 1. The number of anilines is 1. The number of rotatable bonds is 5. The Hall–Kier alpha value is -1.43. The number of para-hydroxylation sites is 1. The molecule has 0 N–H and O–H groups in total. The number of carbonyl (C=O) groups excluding carboxylic acids is 1. The Bertz CT molecular complexity index is 549. The quantitative estimate of drug-likeness (QED) is 0.830. The highest BCUT2D eigenvalue weighted by atomic mass is 16.7. The van der Waals surface area contributed by atoms with Gasteiger partial charge in [0.15, 0.2) is 6.29 Å². The van der Waals surface area contributed by atoms with Crippen LogP contribution >= 0.6 is 0 Å². The third-order valence-corrected chi connectivity index (χ3v) is 5.05. The molecule has 1 aromatic rings. The second kappa shape index (κ2) is 8.10. The summed E-state index contributed by atoms with van der Waals surface area (Å²) in [6, 6.07) is 8.08. The molecule has 2 heterocycles. The molecule has 3 rings (SSSR count). The molecule has 0 atom stereocenters. The molecule has 132 valence electrons. The van der Waals surface area contributed by atoms with Gasteiger partial charge >= 0.3 is 0 Å². The molecule has 1 aromatic carbocycles. The van der Waals surface area contributed by atoms with E-state index in [0.717, 1.165) is 37.2 Å². The standard InChI is InChI=1S/C19H28N2O3/c1-3-21(17-7-5-4-6-15(17)2)18(22)14-20-10-8-16(9-11-20)19-23-12-13-24-19/h4-7,16,19H,3,8-14H2,1-2H3. The molecule has 2 saturated heterocycles. The van der Waals surface area contributed by atoms with Crippen molar-refractivity contribution in [1.29, 1.82) is 0 Å². The Morgan fingerprint density at radius 3 is 2.50 bits per heavy atom. The second-order valence-electron chi connectivity index (χ2n) is 6.65. The molecule has 0 bridgehead atoms. The van der Waals surface area contributed by atoms with Crippen molar-refractivity contribution in [2.45, 2.75) is 33.0 Å². The van der Waals surface area contributed by atoms with Gasteiger partial charge in [0.25, 0.3) is 0 Å². The first kappa shape index (κ1) is 17.4. The van der Waals surface area contributed by atoms with E-state index in [-0.39, 0.29) is 12.2 Å². The lowest BCUT2D eigenvalue weighted by molar-refractivity contribution is -0.121. The minimum Gasteiger partial charge on any atom is -0.350 e. The lowest BCUT2D eigenvalue weighted by Gasteiger charge is -2.34. The average molecular weight is 332 g/mol. The Morgan fingerprint density at radius 1 is 1.21 bits per heavy atom. The Morgan fingerprint density at radius 2 is 1.88 bits per heavy atom. The van der Waals surface area contributed by atoms with Crippen LogP contribution in [0.5, 0.6) is 0 Å². The monoisotopic (exact) mass is 332 g/mol. The van der Waals surface area contributed by atoms with E-state index < -0.39 is 0 Å². The van der Waals surface area contributed by atoms with Crippen LogP contribution in [0.2, 0.25) is 0 Å². The van der Waals surface area contributed by atoms with Crippen LogP contribution in [-0.2, 0) is 14.3 Å². The van der Waals surface area contributed by atoms with Crippen LogP contribution < -0.4 is 4.90 Å². The first-order valence-electron chi connectivity index (χ1n) is 9.00. The number of ether oxygens (including phenoxy) is 2. The smallest absolute Gasteiger partial charge is 0.241 e. The fourth-order valence-corrected chi connectivity index (χ4v) is 3.66. The van der Waals surface area contributed by atoms with E-state index in [1.165, 1.54) is 0 Å². The average Bonchev–Trinajstić information content (AvgIpc) is 3.12. The number of likely N-dealkylation sites (N-methyl/N-ethyl adjacent to an activating group) is 1. The normalized spacial score (nSPS) is 20.4. The van der Waals surface area contributed by atoms with Crippen LogP contribution in [0.25, 0.3) is 0 Å². The molecule has 5 heteroatoms. The van der Waals surface area contributed by atoms with Gasteiger partial charge in [-0.2, -0.15) is 0 Å². The van der Waals surface area contributed by atoms with Crippen LogP contribution in [0, 0.1) is 12.8 Å².